The Kier molecular flexibility index (Phi) is 5.71. The topological polar surface area (TPSA) is 87.7 Å². The molecule has 1 aliphatic heterocycles. The van der Waals surface area contributed by atoms with Crippen LogP contribution in [0.4, 0.5) is 10.5 Å². The molecule has 7 nitrogen and oxygen atoms in total. The van der Waals surface area contributed by atoms with Crippen molar-refractivity contribution in [1.82, 2.24) is 4.90 Å². The van der Waals surface area contributed by atoms with Crippen LogP contribution in [0.25, 0.3) is 0 Å². The third-order valence-electron chi connectivity index (χ3n) is 4.89. The van der Waals surface area contributed by atoms with Gasteiger partial charge in [-0.05, 0) is 41.8 Å². The number of benzene rings is 2. The predicted molar refractivity (Wildman–Crippen MR) is 102 cm³/mol. The number of urea groups is 1. The van der Waals surface area contributed by atoms with E-state index in [0.29, 0.717) is 36.0 Å². The fourth-order valence-corrected chi connectivity index (χ4v) is 3.52. The Labute approximate surface area is 159 Å². The number of fused-ring (bicyclic) bond motifs is 1. The van der Waals surface area contributed by atoms with Gasteiger partial charge in [0.15, 0.2) is 11.5 Å². The Bertz CT molecular complexity index is 825. The Hall–Kier alpha value is -2.93. The second-order valence-corrected chi connectivity index (χ2v) is 6.28. The van der Waals surface area contributed by atoms with E-state index in [2.05, 4.69) is 11.1 Å². The van der Waals surface area contributed by atoms with Gasteiger partial charge in [0.25, 0.3) is 0 Å². The van der Waals surface area contributed by atoms with E-state index in [1.54, 1.807) is 21.3 Å². The summed E-state index contributed by atoms with van der Waals surface area (Å²) in [6, 6.07) is 11.0. The molecule has 2 aromatic rings. The average Bonchev–Trinajstić information content (AvgIpc) is 2.71. The lowest BCUT2D eigenvalue weighted by atomic mass is 9.92. The highest BCUT2D eigenvalue weighted by molar-refractivity contribution is 5.91. The number of quaternary nitrogens is 1. The van der Waals surface area contributed by atoms with E-state index >= 15 is 0 Å². The van der Waals surface area contributed by atoms with Crippen molar-refractivity contribution in [3.05, 3.63) is 47.5 Å². The predicted octanol–water partition coefficient (Wildman–Crippen LogP) is 2.09. The highest BCUT2D eigenvalue weighted by atomic mass is 16.5. The van der Waals surface area contributed by atoms with Crippen LogP contribution >= 0.6 is 0 Å². The van der Waals surface area contributed by atoms with Gasteiger partial charge in [0.2, 0.25) is 0 Å². The Morgan fingerprint density at radius 1 is 1.11 bits per heavy atom. The van der Waals surface area contributed by atoms with Crippen LogP contribution in [0.1, 0.15) is 17.2 Å². The molecule has 4 N–H and O–H groups in total. The van der Waals surface area contributed by atoms with Gasteiger partial charge in [-0.3, -0.25) is 0 Å². The lowest BCUT2D eigenvalue weighted by molar-refractivity contribution is -0.378. The van der Waals surface area contributed by atoms with Crippen LogP contribution in [0, 0.1) is 0 Å². The largest absolute Gasteiger partial charge is 0.495 e. The van der Waals surface area contributed by atoms with Crippen LogP contribution in [-0.2, 0) is 6.42 Å². The highest BCUT2D eigenvalue weighted by Gasteiger charge is 2.32. The molecule has 0 saturated heterocycles. The maximum Gasteiger partial charge on any atom is 0.322 e. The number of ether oxygens (including phenoxy) is 3. The lowest BCUT2D eigenvalue weighted by Crippen LogP contribution is -2.58. The number of methoxy groups -OCH3 is 3. The zero-order valence-corrected chi connectivity index (χ0v) is 16.0. The fourth-order valence-electron chi connectivity index (χ4n) is 3.52. The lowest BCUT2D eigenvalue weighted by Gasteiger charge is -2.36. The Balaban J connectivity index is 1.88. The second-order valence-electron chi connectivity index (χ2n) is 6.28. The normalized spacial score (nSPS) is 15.7. The summed E-state index contributed by atoms with van der Waals surface area (Å²) in [6.45, 7) is 1.16. The smallest absolute Gasteiger partial charge is 0.322 e. The standard InChI is InChI=1S/C20H25N3O4/c1-25-17-7-5-4-6-15(17)22-20(24)23-9-8-13-10-18(26-2)19(27-3)11-14(13)16(23)12-21/h4-7,10-11,16H,8-9,12,21H2,1-3H3,(H,22,24)/p+1/t16-/m0/s1. The first kappa shape index (κ1) is 18.8. The molecule has 0 fully saturated rings. The van der Waals surface area contributed by atoms with Crippen LogP contribution in [0.2, 0.25) is 0 Å². The van der Waals surface area contributed by atoms with E-state index in [9.17, 15) is 4.79 Å². The number of amides is 2. The van der Waals surface area contributed by atoms with Gasteiger partial charge in [0.05, 0.1) is 33.6 Å². The van der Waals surface area contributed by atoms with Gasteiger partial charge in [0, 0.05) is 6.54 Å². The molecular weight excluding hydrogens is 346 g/mol. The molecule has 7 heteroatoms. The third kappa shape index (κ3) is 3.64. The van der Waals surface area contributed by atoms with Crippen molar-refractivity contribution in [2.75, 3.05) is 39.7 Å². The first-order valence-electron chi connectivity index (χ1n) is 8.87. The van der Waals surface area contributed by atoms with Crippen LogP contribution in [0.5, 0.6) is 17.2 Å². The van der Waals surface area contributed by atoms with Crippen molar-refractivity contribution in [2.45, 2.75) is 12.5 Å². The SMILES string of the molecule is COc1ccccc1NC(=O)N1CCc2cc(OC)c(OC)cc2[C@@H]1C[NH3+]. The zero-order valence-electron chi connectivity index (χ0n) is 16.0. The Morgan fingerprint density at radius 2 is 1.78 bits per heavy atom. The van der Waals surface area contributed by atoms with Gasteiger partial charge in [-0.2, -0.15) is 0 Å². The Morgan fingerprint density at radius 3 is 2.44 bits per heavy atom. The molecule has 0 aromatic heterocycles. The summed E-state index contributed by atoms with van der Waals surface area (Å²) < 4.78 is 16.2. The van der Waals surface area contributed by atoms with Crippen molar-refractivity contribution < 1.29 is 24.7 Å². The molecule has 0 radical (unpaired) electrons. The number of rotatable bonds is 5. The zero-order chi connectivity index (χ0) is 19.4. The molecule has 144 valence electrons. The summed E-state index contributed by atoms with van der Waals surface area (Å²) in [5.74, 6) is 1.98. The first-order valence-corrected chi connectivity index (χ1v) is 8.87. The minimum Gasteiger partial charge on any atom is -0.495 e. The fraction of sp³-hybridized carbons (Fsp3) is 0.350. The number of para-hydroxylation sites is 2. The molecule has 1 atom stereocenters. The van der Waals surface area contributed by atoms with Crippen molar-refractivity contribution in [2.24, 2.45) is 0 Å². The number of anilines is 1. The number of nitrogens with one attached hydrogen (secondary N) is 1. The van der Waals surface area contributed by atoms with E-state index in [-0.39, 0.29) is 12.1 Å². The van der Waals surface area contributed by atoms with Gasteiger partial charge in [-0.15, -0.1) is 0 Å². The molecule has 0 saturated carbocycles. The molecule has 0 aliphatic carbocycles. The van der Waals surface area contributed by atoms with Crippen molar-refractivity contribution in [1.29, 1.82) is 0 Å². The van der Waals surface area contributed by atoms with Crippen molar-refractivity contribution >= 4 is 11.7 Å². The van der Waals surface area contributed by atoms with Gasteiger partial charge in [0.1, 0.15) is 11.8 Å². The number of carbonyl (C=O) groups is 1. The van der Waals surface area contributed by atoms with Crippen molar-refractivity contribution in [3.8, 4) is 17.2 Å². The molecule has 1 aliphatic rings. The maximum absolute atomic E-state index is 13.0. The third-order valence-corrected chi connectivity index (χ3v) is 4.89. The van der Waals surface area contributed by atoms with Gasteiger partial charge in [-0.1, -0.05) is 12.1 Å². The van der Waals surface area contributed by atoms with E-state index in [1.807, 2.05) is 41.3 Å². The van der Waals surface area contributed by atoms with Crippen LogP contribution < -0.4 is 25.3 Å². The minimum absolute atomic E-state index is 0.136. The summed E-state index contributed by atoms with van der Waals surface area (Å²) in [5.41, 5.74) is 6.91. The molecule has 2 aromatic carbocycles. The summed E-state index contributed by atoms with van der Waals surface area (Å²) in [4.78, 5) is 14.8. The van der Waals surface area contributed by atoms with Crippen LogP contribution in [-0.4, -0.2) is 45.3 Å². The molecule has 27 heavy (non-hydrogen) atoms. The number of carbonyl (C=O) groups excluding carboxylic acids is 1. The van der Waals surface area contributed by atoms with Gasteiger partial charge < -0.3 is 30.2 Å². The van der Waals surface area contributed by atoms with E-state index in [1.165, 1.54) is 0 Å². The van der Waals surface area contributed by atoms with E-state index in [0.717, 1.165) is 17.5 Å². The van der Waals surface area contributed by atoms with Gasteiger partial charge >= 0.3 is 6.03 Å². The summed E-state index contributed by atoms with van der Waals surface area (Å²) >= 11 is 0. The summed E-state index contributed by atoms with van der Waals surface area (Å²) in [7, 11) is 4.82. The second kappa shape index (κ2) is 8.18. The maximum atomic E-state index is 13.0. The molecule has 2 amide bonds. The first-order chi connectivity index (χ1) is 13.1. The number of hydrogen-bond acceptors (Lipinski definition) is 4. The van der Waals surface area contributed by atoms with Crippen LogP contribution in [0.3, 0.4) is 0 Å². The molecule has 1 heterocycles. The molecular formula is C20H26N3O4+. The molecule has 0 bridgehead atoms. The molecule has 0 unspecified atom stereocenters. The van der Waals surface area contributed by atoms with Crippen molar-refractivity contribution in [3.63, 3.8) is 0 Å². The van der Waals surface area contributed by atoms with E-state index in [4.69, 9.17) is 14.2 Å². The summed E-state index contributed by atoms with van der Waals surface area (Å²) in [6.07, 6.45) is 0.742. The van der Waals surface area contributed by atoms with Crippen LogP contribution in [0.15, 0.2) is 36.4 Å². The number of nitrogens with zero attached hydrogens (tertiary/aromatic N) is 1. The average molecular weight is 372 g/mol. The van der Waals surface area contributed by atoms with Gasteiger partial charge in [-0.25, -0.2) is 4.79 Å². The quantitative estimate of drug-likeness (QED) is 0.841. The molecule has 3 rings (SSSR count). The van der Waals surface area contributed by atoms with E-state index < -0.39 is 0 Å². The monoisotopic (exact) mass is 372 g/mol. The highest BCUT2D eigenvalue weighted by Crippen LogP contribution is 2.38. The minimum atomic E-state index is -0.173. The molecule has 0 spiro atoms. The summed E-state index contributed by atoms with van der Waals surface area (Å²) in [5, 5.41) is 2.96. The number of hydrogen-bond donors (Lipinski definition) is 2.